The molecule has 7 heteroatoms. The summed E-state index contributed by atoms with van der Waals surface area (Å²) in [4.78, 5) is 17.5. The first kappa shape index (κ1) is 11.7. The lowest BCUT2D eigenvalue weighted by Gasteiger charge is -2.02. The molecule has 3 aromatic heterocycles. The third kappa shape index (κ3) is 2.41. The third-order valence-electron chi connectivity index (χ3n) is 2.53. The highest BCUT2D eigenvalue weighted by atomic mass is 32.1. The van der Waals surface area contributed by atoms with Crippen LogP contribution in [-0.2, 0) is 0 Å². The molecule has 0 radical (unpaired) electrons. The van der Waals surface area contributed by atoms with Crippen LogP contribution in [0, 0.1) is 0 Å². The van der Waals surface area contributed by atoms with Crippen LogP contribution in [0.2, 0.25) is 0 Å². The summed E-state index contributed by atoms with van der Waals surface area (Å²) in [7, 11) is 0. The maximum Gasteiger partial charge on any atom is 0.158 e. The Morgan fingerprint density at radius 3 is 3.05 bits per heavy atom. The number of hydrogen-bond donors (Lipinski definition) is 1. The monoisotopic (exact) mass is 270 g/mol. The minimum absolute atomic E-state index is 0.689. The summed E-state index contributed by atoms with van der Waals surface area (Å²) in [6, 6.07) is 1.97. The van der Waals surface area contributed by atoms with Crippen molar-refractivity contribution in [3.8, 4) is 0 Å². The SMILES string of the molecule is C/C(=N/Nc1ncnc2sccc12)c1cnccn1. The predicted molar refractivity (Wildman–Crippen MR) is 75.3 cm³/mol. The Hall–Kier alpha value is -2.41. The number of hydrogen-bond acceptors (Lipinski definition) is 7. The van der Waals surface area contributed by atoms with Gasteiger partial charge in [0.25, 0.3) is 0 Å². The molecule has 0 aromatic carbocycles. The van der Waals surface area contributed by atoms with Crippen LogP contribution in [0.5, 0.6) is 0 Å². The fraction of sp³-hybridized carbons (Fsp3) is 0.0833. The molecule has 0 aliphatic heterocycles. The first-order valence-corrected chi connectivity index (χ1v) is 6.47. The van der Waals surface area contributed by atoms with Gasteiger partial charge in [-0.2, -0.15) is 5.10 Å². The van der Waals surface area contributed by atoms with E-state index < -0.39 is 0 Å². The van der Waals surface area contributed by atoms with Crippen molar-refractivity contribution in [2.75, 3.05) is 5.43 Å². The molecule has 19 heavy (non-hydrogen) atoms. The lowest BCUT2D eigenvalue weighted by Crippen LogP contribution is -2.03. The average molecular weight is 270 g/mol. The third-order valence-corrected chi connectivity index (χ3v) is 3.35. The second-order valence-electron chi connectivity index (χ2n) is 3.76. The summed E-state index contributed by atoms with van der Waals surface area (Å²) in [5.74, 6) is 0.689. The molecule has 3 aromatic rings. The Balaban J connectivity index is 1.88. The van der Waals surface area contributed by atoms with E-state index in [0.29, 0.717) is 5.82 Å². The van der Waals surface area contributed by atoms with Gasteiger partial charge in [-0.25, -0.2) is 9.97 Å². The highest BCUT2D eigenvalue weighted by Crippen LogP contribution is 2.23. The Labute approximate surface area is 113 Å². The molecular weight excluding hydrogens is 260 g/mol. The highest BCUT2D eigenvalue weighted by Gasteiger charge is 2.04. The van der Waals surface area contributed by atoms with Gasteiger partial charge >= 0.3 is 0 Å². The highest BCUT2D eigenvalue weighted by molar-refractivity contribution is 7.16. The molecule has 0 spiro atoms. The molecule has 1 N–H and O–H groups in total. The molecule has 0 bridgehead atoms. The molecule has 3 rings (SSSR count). The maximum atomic E-state index is 4.27. The van der Waals surface area contributed by atoms with Crippen LogP contribution >= 0.6 is 11.3 Å². The molecule has 3 heterocycles. The first-order chi connectivity index (χ1) is 9.34. The van der Waals surface area contributed by atoms with Crippen LogP contribution in [0.4, 0.5) is 5.82 Å². The van der Waals surface area contributed by atoms with Crippen molar-refractivity contribution >= 4 is 33.1 Å². The van der Waals surface area contributed by atoms with Crippen molar-refractivity contribution in [3.63, 3.8) is 0 Å². The minimum atomic E-state index is 0.689. The average Bonchev–Trinajstić information content (AvgIpc) is 2.94. The van der Waals surface area contributed by atoms with Crippen LogP contribution in [0.3, 0.4) is 0 Å². The molecule has 94 valence electrons. The van der Waals surface area contributed by atoms with E-state index in [4.69, 9.17) is 0 Å². The molecule has 6 nitrogen and oxygen atoms in total. The topological polar surface area (TPSA) is 76.0 Å². The van der Waals surface area contributed by atoms with Gasteiger partial charge in [0, 0.05) is 12.4 Å². The standard InChI is InChI=1S/C12H10N6S/c1-8(10-6-13-3-4-14-10)17-18-11-9-2-5-19-12(9)16-7-15-11/h2-7H,1H3,(H,15,16,18)/b17-8-. The lowest BCUT2D eigenvalue weighted by molar-refractivity contribution is 1.15. The van der Waals surface area contributed by atoms with E-state index in [1.165, 1.54) is 6.33 Å². The van der Waals surface area contributed by atoms with E-state index in [1.807, 2.05) is 18.4 Å². The summed E-state index contributed by atoms with van der Waals surface area (Å²) in [5.41, 5.74) is 4.42. The quantitative estimate of drug-likeness (QED) is 0.584. The van der Waals surface area contributed by atoms with Crippen LogP contribution in [-0.4, -0.2) is 25.6 Å². The van der Waals surface area contributed by atoms with Gasteiger partial charge < -0.3 is 0 Å². The molecule has 0 fully saturated rings. The lowest BCUT2D eigenvalue weighted by atomic mass is 10.3. The van der Waals surface area contributed by atoms with Gasteiger partial charge in [0.1, 0.15) is 16.9 Å². The van der Waals surface area contributed by atoms with E-state index in [0.717, 1.165) is 21.6 Å². The summed E-state index contributed by atoms with van der Waals surface area (Å²) < 4.78 is 0. The summed E-state index contributed by atoms with van der Waals surface area (Å²) in [6.45, 7) is 1.86. The maximum absolute atomic E-state index is 4.27. The number of nitrogens with zero attached hydrogens (tertiary/aromatic N) is 5. The van der Waals surface area contributed by atoms with Crippen molar-refractivity contribution in [1.29, 1.82) is 0 Å². The number of nitrogens with one attached hydrogen (secondary N) is 1. The van der Waals surface area contributed by atoms with Gasteiger partial charge in [0.2, 0.25) is 0 Å². The van der Waals surface area contributed by atoms with Crippen LogP contribution in [0.1, 0.15) is 12.6 Å². The number of aromatic nitrogens is 4. The van der Waals surface area contributed by atoms with Crippen LogP contribution < -0.4 is 5.43 Å². The molecular formula is C12H10N6S. The van der Waals surface area contributed by atoms with Gasteiger partial charge in [-0.15, -0.1) is 11.3 Å². The second kappa shape index (κ2) is 5.07. The zero-order valence-electron chi connectivity index (χ0n) is 10.1. The second-order valence-corrected chi connectivity index (χ2v) is 4.66. The molecule has 0 aliphatic rings. The van der Waals surface area contributed by atoms with E-state index in [1.54, 1.807) is 29.9 Å². The van der Waals surface area contributed by atoms with Crippen molar-refractivity contribution in [3.05, 3.63) is 42.1 Å². The fourth-order valence-electron chi connectivity index (χ4n) is 1.56. The first-order valence-electron chi connectivity index (χ1n) is 5.59. The number of hydrazone groups is 1. The van der Waals surface area contributed by atoms with E-state index in [2.05, 4.69) is 30.5 Å². The zero-order valence-corrected chi connectivity index (χ0v) is 10.9. The Bertz CT molecular complexity index is 721. The Morgan fingerprint density at radius 1 is 1.26 bits per heavy atom. The molecule has 0 atom stereocenters. The molecule has 0 amide bonds. The van der Waals surface area contributed by atoms with Gasteiger partial charge in [-0.1, -0.05) is 0 Å². The van der Waals surface area contributed by atoms with Crippen molar-refractivity contribution in [2.45, 2.75) is 6.92 Å². The van der Waals surface area contributed by atoms with Crippen molar-refractivity contribution in [2.24, 2.45) is 5.10 Å². The van der Waals surface area contributed by atoms with Gasteiger partial charge in [0.15, 0.2) is 5.82 Å². The van der Waals surface area contributed by atoms with Gasteiger partial charge in [-0.3, -0.25) is 15.4 Å². The smallest absolute Gasteiger partial charge is 0.158 e. The number of fused-ring (bicyclic) bond motifs is 1. The Kier molecular flexibility index (Phi) is 3.11. The van der Waals surface area contributed by atoms with E-state index in [-0.39, 0.29) is 0 Å². The zero-order chi connectivity index (χ0) is 13.1. The Morgan fingerprint density at radius 2 is 2.21 bits per heavy atom. The molecule has 0 saturated heterocycles. The van der Waals surface area contributed by atoms with Gasteiger partial charge in [0.05, 0.1) is 17.3 Å². The van der Waals surface area contributed by atoms with E-state index in [9.17, 15) is 0 Å². The van der Waals surface area contributed by atoms with Crippen molar-refractivity contribution < 1.29 is 0 Å². The molecule has 0 aliphatic carbocycles. The van der Waals surface area contributed by atoms with Crippen LogP contribution in [0.15, 0.2) is 41.5 Å². The van der Waals surface area contributed by atoms with Crippen molar-refractivity contribution in [1.82, 2.24) is 19.9 Å². The summed E-state index contributed by atoms with van der Waals surface area (Å²) in [5, 5.41) is 7.21. The normalized spacial score (nSPS) is 11.7. The molecule has 0 unspecified atom stereocenters. The number of anilines is 1. The van der Waals surface area contributed by atoms with E-state index >= 15 is 0 Å². The molecule has 0 saturated carbocycles. The number of thiophene rings is 1. The van der Waals surface area contributed by atoms with Crippen LogP contribution in [0.25, 0.3) is 10.2 Å². The summed E-state index contributed by atoms with van der Waals surface area (Å²) in [6.07, 6.45) is 6.45. The largest absolute Gasteiger partial charge is 0.261 e. The summed E-state index contributed by atoms with van der Waals surface area (Å²) >= 11 is 1.57. The number of rotatable bonds is 3. The predicted octanol–water partition coefficient (Wildman–Crippen LogP) is 2.32. The fourth-order valence-corrected chi connectivity index (χ4v) is 2.29. The minimum Gasteiger partial charge on any atom is -0.261 e. The van der Waals surface area contributed by atoms with Gasteiger partial charge in [-0.05, 0) is 18.4 Å².